The number of hydrogen-bond donors (Lipinski definition) is 1. The third-order valence-electron chi connectivity index (χ3n) is 6.28. The van der Waals surface area contributed by atoms with E-state index >= 15 is 0 Å². The van der Waals surface area contributed by atoms with E-state index in [-0.39, 0.29) is 30.7 Å². The summed E-state index contributed by atoms with van der Waals surface area (Å²) in [7, 11) is -2.22. The highest BCUT2D eigenvalue weighted by Gasteiger charge is 2.33. The lowest BCUT2D eigenvalue weighted by molar-refractivity contribution is -0.120. The Morgan fingerprint density at radius 2 is 1.82 bits per heavy atom. The van der Waals surface area contributed by atoms with Gasteiger partial charge in [-0.05, 0) is 61.8 Å². The maximum atomic E-state index is 13.1. The van der Waals surface area contributed by atoms with Crippen LogP contribution in [-0.4, -0.2) is 44.8 Å². The molecule has 1 amide bonds. The van der Waals surface area contributed by atoms with Gasteiger partial charge in [-0.25, -0.2) is 21.9 Å². The third kappa shape index (κ3) is 5.28. The second kappa shape index (κ2) is 9.90. The second-order valence-electron chi connectivity index (χ2n) is 8.45. The molecule has 2 heterocycles. The van der Waals surface area contributed by atoms with Crippen LogP contribution in [0.1, 0.15) is 52.0 Å². The van der Waals surface area contributed by atoms with E-state index in [0.717, 1.165) is 36.1 Å². The van der Waals surface area contributed by atoms with Crippen LogP contribution in [0, 0.1) is 11.7 Å². The molecule has 0 radical (unpaired) electrons. The molecule has 1 N–H and O–H groups in total. The molecule has 4 rings (SSSR count). The molecule has 1 aliphatic heterocycles. The molecule has 178 valence electrons. The molecule has 1 fully saturated rings. The average molecular weight is 495 g/mol. The van der Waals surface area contributed by atoms with Crippen molar-refractivity contribution >= 4 is 38.2 Å². The van der Waals surface area contributed by atoms with Crippen molar-refractivity contribution in [1.29, 1.82) is 0 Å². The molecule has 2 aliphatic rings. The number of nitrogens with zero attached hydrogens (tertiary/aromatic N) is 1. The number of thiophene rings is 1. The molecular weight excluding hydrogens is 467 g/mol. The molecular formula is C23H27FN2O5S2. The van der Waals surface area contributed by atoms with Crippen molar-refractivity contribution in [2.24, 2.45) is 5.92 Å². The van der Waals surface area contributed by atoms with Crippen LogP contribution >= 0.6 is 11.3 Å². The van der Waals surface area contributed by atoms with Gasteiger partial charge in [0.2, 0.25) is 15.9 Å². The monoisotopic (exact) mass is 494 g/mol. The molecule has 0 bridgehead atoms. The van der Waals surface area contributed by atoms with Gasteiger partial charge in [0.1, 0.15) is 10.8 Å². The summed E-state index contributed by atoms with van der Waals surface area (Å²) in [4.78, 5) is 26.5. The Morgan fingerprint density at radius 1 is 1.15 bits per heavy atom. The summed E-state index contributed by atoms with van der Waals surface area (Å²) in [5.74, 6) is -1.59. The Morgan fingerprint density at radius 3 is 2.48 bits per heavy atom. The zero-order valence-electron chi connectivity index (χ0n) is 18.4. The molecule has 2 aromatic rings. The van der Waals surface area contributed by atoms with E-state index in [1.54, 1.807) is 0 Å². The van der Waals surface area contributed by atoms with Gasteiger partial charge in [0.15, 0.2) is 0 Å². The van der Waals surface area contributed by atoms with Gasteiger partial charge >= 0.3 is 5.97 Å². The van der Waals surface area contributed by atoms with Crippen molar-refractivity contribution in [1.82, 2.24) is 4.31 Å². The van der Waals surface area contributed by atoms with E-state index in [1.165, 1.54) is 47.0 Å². The van der Waals surface area contributed by atoms with E-state index in [1.807, 2.05) is 0 Å². The predicted octanol–water partition coefficient (Wildman–Crippen LogP) is 3.73. The number of aryl methyl sites for hydroxylation is 1. The van der Waals surface area contributed by atoms with Gasteiger partial charge in [0.25, 0.3) is 0 Å². The number of hydrogen-bond acceptors (Lipinski definition) is 6. The molecule has 0 spiro atoms. The van der Waals surface area contributed by atoms with Gasteiger partial charge in [0, 0.05) is 23.9 Å². The van der Waals surface area contributed by atoms with Gasteiger partial charge in [-0.1, -0.05) is 12.1 Å². The lowest BCUT2D eigenvalue weighted by Gasteiger charge is -2.30. The molecule has 1 aromatic heterocycles. The van der Waals surface area contributed by atoms with Gasteiger partial charge in [-0.15, -0.1) is 11.3 Å². The number of esters is 1. The van der Waals surface area contributed by atoms with E-state index in [9.17, 15) is 22.4 Å². The number of nitrogens with one attached hydrogen (secondary N) is 1. The summed E-state index contributed by atoms with van der Waals surface area (Å²) in [5, 5.41) is 3.46. The molecule has 33 heavy (non-hydrogen) atoms. The Kier molecular flexibility index (Phi) is 7.16. The first-order valence-corrected chi connectivity index (χ1v) is 13.5. The fourth-order valence-electron chi connectivity index (χ4n) is 4.46. The third-order valence-corrected chi connectivity index (χ3v) is 9.34. The first-order valence-electron chi connectivity index (χ1n) is 11.0. The first-order chi connectivity index (χ1) is 15.8. The van der Waals surface area contributed by atoms with Crippen molar-refractivity contribution < 1.29 is 27.1 Å². The Bertz CT molecular complexity index is 1140. The summed E-state index contributed by atoms with van der Waals surface area (Å²) in [6, 6.07) is 5.41. The topological polar surface area (TPSA) is 92.8 Å². The number of anilines is 1. The molecule has 0 saturated carbocycles. The van der Waals surface area contributed by atoms with Crippen molar-refractivity contribution in [3.63, 3.8) is 0 Å². The molecule has 0 atom stereocenters. The molecule has 1 aliphatic carbocycles. The number of piperidine rings is 1. The van der Waals surface area contributed by atoms with Crippen LogP contribution in [0.25, 0.3) is 0 Å². The van der Waals surface area contributed by atoms with Crippen LogP contribution in [0.4, 0.5) is 9.39 Å². The van der Waals surface area contributed by atoms with E-state index < -0.39 is 21.8 Å². The lowest BCUT2D eigenvalue weighted by atomic mass is 9.95. The zero-order chi connectivity index (χ0) is 23.6. The normalized spacial score (nSPS) is 17.4. The van der Waals surface area contributed by atoms with Crippen LogP contribution in [0.15, 0.2) is 24.3 Å². The fraction of sp³-hybridized carbons (Fsp3) is 0.478. The maximum absolute atomic E-state index is 13.1. The van der Waals surface area contributed by atoms with Crippen LogP contribution in [0.5, 0.6) is 0 Å². The first kappa shape index (κ1) is 23.8. The van der Waals surface area contributed by atoms with E-state index in [2.05, 4.69) is 5.32 Å². The number of amides is 1. The minimum absolute atomic E-state index is 0.200. The molecule has 7 nitrogen and oxygen atoms in total. The smallest absolute Gasteiger partial charge is 0.341 e. The summed E-state index contributed by atoms with van der Waals surface area (Å²) in [6.07, 6.45) is 4.55. The number of carbonyl (C=O) groups is 2. The molecule has 1 saturated heterocycles. The quantitative estimate of drug-likeness (QED) is 0.618. The standard InChI is InChI=1S/C23H27FN2O5S2/c1-31-23(28)20-18-4-2-3-5-19(18)32-22(20)25-21(27)16-10-12-26(13-11-16)33(29,30)14-15-6-8-17(24)9-7-15/h6-9,16H,2-5,10-14H2,1H3,(H,25,27). The van der Waals surface area contributed by atoms with Crippen molar-refractivity contribution in [2.75, 3.05) is 25.5 Å². The van der Waals surface area contributed by atoms with Crippen molar-refractivity contribution in [2.45, 2.75) is 44.3 Å². The fourth-order valence-corrected chi connectivity index (χ4v) is 7.31. The highest BCUT2D eigenvalue weighted by Crippen LogP contribution is 2.39. The number of methoxy groups -OCH3 is 1. The van der Waals surface area contributed by atoms with E-state index in [4.69, 9.17) is 4.74 Å². The highest BCUT2D eigenvalue weighted by atomic mass is 32.2. The van der Waals surface area contributed by atoms with Gasteiger partial charge in [-0.3, -0.25) is 4.79 Å². The second-order valence-corrected chi connectivity index (χ2v) is 11.5. The van der Waals surface area contributed by atoms with Gasteiger partial charge in [0.05, 0.1) is 18.4 Å². The molecule has 1 aromatic carbocycles. The summed E-state index contributed by atoms with van der Waals surface area (Å²) in [5.41, 5.74) is 1.97. The minimum Gasteiger partial charge on any atom is -0.465 e. The number of rotatable bonds is 6. The number of fused-ring (bicyclic) bond motifs is 1. The summed E-state index contributed by atoms with van der Waals surface area (Å²) in [6.45, 7) is 0.485. The Hall–Kier alpha value is -2.30. The summed E-state index contributed by atoms with van der Waals surface area (Å²) >= 11 is 1.44. The predicted molar refractivity (Wildman–Crippen MR) is 124 cm³/mol. The van der Waals surface area contributed by atoms with Gasteiger partial charge in [-0.2, -0.15) is 0 Å². The van der Waals surface area contributed by atoms with Crippen LogP contribution in [-0.2, 0) is 38.1 Å². The molecule has 0 unspecified atom stereocenters. The van der Waals surface area contributed by atoms with E-state index in [0.29, 0.717) is 29.0 Å². The van der Waals surface area contributed by atoms with Crippen LogP contribution in [0.3, 0.4) is 0 Å². The zero-order valence-corrected chi connectivity index (χ0v) is 20.1. The Balaban J connectivity index is 1.39. The van der Waals surface area contributed by atoms with Crippen LogP contribution < -0.4 is 5.32 Å². The average Bonchev–Trinajstić information content (AvgIpc) is 3.17. The van der Waals surface area contributed by atoms with Crippen LogP contribution in [0.2, 0.25) is 0 Å². The van der Waals surface area contributed by atoms with Crippen molar-refractivity contribution in [3.05, 3.63) is 51.7 Å². The van der Waals surface area contributed by atoms with Gasteiger partial charge < -0.3 is 10.1 Å². The Labute approximate surface area is 197 Å². The largest absolute Gasteiger partial charge is 0.465 e. The highest BCUT2D eigenvalue weighted by molar-refractivity contribution is 7.88. The SMILES string of the molecule is COC(=O)c1c(NC(=O)C2CCN(S(=O)(=O)Cc3ccc(F)cc3)CC2)sc2c1CCCC2. The number of benzene rings is 1. The van der Waals surface area contributed by atoms with Crippen molar-refractivity contribution in [3.8, 4) is 0 Å². The number of carbonyl (C=O) groups excluding carboxylic acids is 2. The minimum atomic E-state index is -3.56. The maximum Gasteiger partial charge on any atom is 0.341 e. The molecule has 10 heteroatoms. The summed E-state index contributed by atoms with van der Waals surface area (Å²) < 4.78 is 44.9. The lowest BCUT2D eigenvalue weighted by Crippen LogP contribution is -2.41. The number of halogens is 1. The number of sulfonamides is 1. The number of ether oxygens (including phenoxy) is 1.